The molecule has 5 heterocycles. The molecule has 0 unspecified atom stereocenters. The highest BCUT2D eigenvalue weighted by atomic mass is 16.2. The van der Waals surface area contributed by atoms with Crippen molar-refractivity contribution < 1.29 is 9.59 Å². The van der Waals surface area contributed by atoms with Gasteiger partial charge in [0.05, 0.1) is 29.5 Å². The van der Waals surface area contributed by atoms with Gasteiger partial charge in [-0.05, 0) is 44.0 Å². The SMILES string of the molecule is Cc1cnc(Nc2cc(C)n(C)n2)nc1-c1c[nH]c2c(N3Cc4c(NC(=O)[C@H]5C[C@H](N)CN5)cccc4C3=O)cccc12. The molecule has 0 aliphatic carbocycles. The number of nitrogens with two attached hydrogens (primary N) is 1. The van der Waals surface area contributed by atoms with Crippen molar-refractivity contribution in [2.24, 2.45) is 12.8 Å². The van der Waals surface area contributed by atoms with Crippen LogP contribution in [0.4, 0.5) is 23.1 Å². The summed E-state index contributed by atoms with van der Waals surface area (Å²) in [6.07, 6.45) is 4.28. The molecule has 7 rings (SSSR count). The Morgan fingerprint density at radius 3 is 2.74 bits per heavy atom. The molecular weight excluding hydrogens is 544 g/mol. The van der Waals surface area contributed by atoms with Gasteiger partial charge in [-0.25, -0.2) is 9.97 Å². The van der Waals surface area contributed by atoms with Crippen LogP contribution in [0.15, 0.2) is 54.9 Å². The van der Waals surface area contributed by atoms with E-state index in [-0.39, 0.29) is 23.9 Å². The third-order valence-electron chi connectivity index (χ3n) is 8.27. The molecule has 43 heavy (non-hydrogen) atoms. The van der Waals surface area contributed by atoms with E-state index in [0.29, 0.717) is 42.5 Å². The number of aromatic amines is 1. The number of H-pyrrole nitrogens is 1. The number of benzene rings is 2. The number of nitrogens with one attached hydrogen (secondary N) is 4. The molecule has 0 radical (unpaired) electrons. The van der Waals surface area contributed by atoms with Gasteiger partial charge in [0.25, 0.3) is 5.91 Å². The fourth-order valence-electron chi connectivity index (χ4n) is 5.90. The van der Waals surface area contributed by atoms with Gasteiger partial charge in [-0.1, -0.05) is 18.2 Å². The topological polar surface area (TPSA) is 159 Å². The first-order valence-corrected chi connectivity index (χ1v) is 14.2. The Bertz CT molecular complexity index is 1890. The molecule has 2 aliphatic heterocycles. The van der Waals surface area contributed by atoms with Gasteiger partial charge < -0.3 is 31.6 Å². The summed E-state index contributed by atoms with van der Waals surface area (Å²) in [6.45, 7) is 4.89. The Morgan fingerprint density at radius 1 is 1.14 bits per heavy atom. The smallest absolute Gasteiger partial charge is 0.259 e. The van der Waals surface area contributed by atoms with E-state index in [0.717, 1.165) is 44.7 Å². The van der Waals surface area contributed by atoms with E-state index in [1.54, 1.807) is 27.9 Å². The molecule has 0 spiro atoms. The van der Waals surface area contributed by atoms with Gasteiger partial charge in [-0.3, -0.25) is 14.3 Å². The first-order valence-electron chi connectivity index (χ1n) is 14.2. The monoisotopic (exact) mass is 576 g/mol. The standard InChI is InChI=1S/C31H32N10O2/c1-16-12-35-31(37-26-10-17(2)40(3)39-26)38-27(16)21-14-34-28-19(21)6-5-9-25(28)41-15-22-20(30(41)43)7-4-8-23(22)36-29(42)24-11-18(32)13-33-24/h4-10,12,14,18,24,33-34H,11,13,15,32H2,1-3H3,(H,36,42)(H,35,37,38,39)/t18-,24+/m0/s1. The number of amides is 2. The lowest BCUT2D eigenvalue weighted by Crippen LogP contribution is -2.35. The van der Waals surface area contributed by atoms with E-state index < -0.39 is 0 Å². The third kappa shape index (κ3) is 4.70. The van der Waals surface area contributed by atoms with Crippen molar-refractivity contribution in [2.45, 2.75) is 38.9 Å². The second-order valence-electron chi connectivity index (χ2n) is 11.2. The van der Waals surface area contributed by atoms with Gasteiger partial charge >= 0.3 is 0 Å². The fourth-order valence-corrected chi connectivity index (χ4v) is 5.90. The van der Waals surface area contributed by atoms with E-state index in [9.17, 15) is 9.59 Å². The summed E-state index contributed by atoms with van der Waals surface area (Å²) in [7, 11) is 1.89. The van der Waals surface area contributed by atoms with Gasteiger partial charge in [-0.2, -0.15) is 5.10 Å². The molecule has 0 bridgehead atoms. The molecule has 1 fully saturated rings. The van der Waals surface area contributed by atoms with Crippen molar-refractivity contribution >= 4 is 45.9 Å². The number of hydrogen-bond acceptors (Lipinski definition) is 8. The summed E-state index contributed by atoms with van der Waals surface area (Å²) < 4.78 is 1.79. The molecule has 0 saturated carbocycles. The van der Waals surface area contributed by atoms with Crippen LogP contribution in [0, 0.1) is 13.8 Å². The van der Waals surface area contributed by atoms with Crippen LogP contribution < -0.4 is 26.6 Å². The molecule has 12 nitrogen and oxygen atoms in total. The molecule has 3 aromatic heterocycles. The van der Waals surface area contributed by atoms with E-state index in [1.807, 2.05) is 57.4 Å². The zero-order valence-corrected chi connectivity index (χ0v) is 24.1. The molecule has 2 aromatic carbocycles. The third-order valence-corrected chi connectivity index (χ3v) is 8.27. The maximum absolute atomic E-state index is 13.7. The van der Waals surface area contributed by atoms with Gasteiger partial charge in [0.2, 0.25) is 11.9 Å². The lowest BCUT2D eigenvalue weighted by Gasteiger charge is -2.17. The van der Waals surface area contributed by atoms with Gasteiger partial charge in [0, 0.05) is 71.6 Å². The minimum absolute atomic E-state index is 0.0420. The largest absolute Gasteiger partial charge is 0.359 e. The quantitative estimate of drug-likeness (QED) is 0.205. The second kappa shape index (κ2) is 10.3. The van der Waals surface area contributed by atoms with Crippen molar-refractivity contribution in [3.05, 3.63) is 77.2 Å². The molecule has 2 aliphatic rings. The van der Waals surface area contributed by atoms with E-state index in [1.165, 1.54) is 0 Å². The summed E-state index contributed by atoms with van der Waals surface area (Å²) in [5, 5.41) is 14.8. The fraction of sp³-hybridized carbons (Fsp3) is 0.258. The molecule has 218 valence electrons. The molecule has 12 heteroatoms. The molecule has 5 aromatic rings. The Morgan fingerprint density at radius 2 is 1.98 bits per heavy atom. The highest BCUT2D eigenvalue weighted by Gasteiger charge is 2.33. The van der Waals surface area contributed by atoms with Crippen LogP contribution in [0.3, 0.4) is 0 Å². The highest BCUT2D eigenvalue weighted by Crippen LogP contribution is 2.39. The van der Waals surface area contributed by atoms with Crippen LogP contribution in [-0.2, 0) is 18.4 Å². The van der Waals surface area contributed by atoms with Crippen LogP contribution in [0.5, 0.6) is 0 Å². The van der Waals surface area contributed by atoms with Crippen LogP contribution in [0.25, 0.3) is 22.2 Å². The average Bonchev–Trinajstić information content (AvgIpc) is 3.77. The number of aryl methyl sites for hydroxylation is 3. The summed E-state index contributed by atoms with van der Waals surface area (Å²) in [5.41, 5.74) is 13.1. The number of aromatic nitrogens is 5. The number of carbonyl (C=O) groups is 2. The summed E-state index contributed by atoms with van der Waals surface area (Å²) in [5.74, 6) is 0.849. The number of hydrogen-bond donors (Lipinski definition) is 5. The Kier molecular flexibility index (Phi) is 6.44. The first kappa shape index (κ1) is 26.8. The van der Waals surface area contributed by atoms with Crippen LogP contribution in [-0.4, -0.2) is 55.2 Å². The number of fused-ring (bicyclic) bond motifs is 2. The summed E-state index contributed by atoms with van der Waals surface area (Å²) in [4.78, 5) is 41.0. The Balaban J connectivity index is 1.19. The average molecular weight is 577 g/mol. The summed E-state index contributed by atoms with van der Waals surface area (Å²) >= 11 is 0. The molecular formula is C31H32N10O2. The molecule has 2 atom stereocenters. The number of para-hydroxylation sites is 1. The van der Waals surface area contributed by atoms with Gasteiger partial charge in [0.15, 0.2) is 5.82 Å². The van der Waals surface area contributed by atoms with Crippen LogP contribution in [0.2, 0.25) is 0 Å². The zero-order valence-electron chi connectivity index (χ0n) is 24.1. The summed E-state index contributed by atoms with van der Waals surface area (Å²) in [6, 6.07) is 12.9. The number of rotatable bonds is 6. The van der Waals surface area contributed by atoms with Crippen molar-refractivity contribution in [1.82, 2.24) is 30.0 Å². The van der Waals surface area contributed by atoms with Crippen molar-refractivity contribution in [1.29, 1.82) is 0 Å². The highest BCUT2D eigenvalue weighted by molar-refractivity contribution is 6.15. The Hall–Kier alpha value is -5.07. The number of carbonyl (C=O) groups excluding carboxylic acids is 2. The first-order chi connectivity index (χ1) is 20.8. The van der Waals surface area contributed by atoms with Crippen molar-refractivity contribution in [2.75, 3.05) is 22.1 Å². The molecule has 6 N–H and O–H groups in total. The molecule has 2 amide bonds. The second-order valence-corrected chi connectivity index (χ2v) is 11.2. The lowest BCUT2D eigenvalue weighted by atomic mass is 10.1. The van der Waals surface area contributed by atoms with Crippen molar-refractivity contribution in [3.63, 3.8) is 0 Å². The minimum atomic E-state index is -0.348. The zero-order chi connectivity index (χ0) is 29.8. The minimum Gasteiger partial charge on any atom is -0.359 e. The van der Waals surface area contributed by atoms with Crippen LogP contribution in [0.1, 0.15) is 33.6 Å². The normalized spacial score (nSPS) is 18.0. The van der Waals surface area contributed by atoms with E-state index in [4.69, 9.17) is 10.7 Å². The molecule has 1 saturated heterocycles. The maximum atomic E-state index is 13.7. The number of nitrogens with zero attached hydrogens (tertiary/aromatic N) is 5. The van der Waals surface area contributed by atoms with E-state index >= 15 is 0 Å². The van der Waals surface area contributed by atoms with Gasteiger partial charge in [0.1, 0.15) is 0 Å². The van der Waals surface area contributed by atoms with Crippen molar-refractivity contribution in [3.8, 4) is 11.3 Å². The maximum Gasteiger partial charge on any atom is 0.259 e. The lowest BCUT2D eigenvalue weighted by molar-refractivity contribution is -0.117. The van der Waals surface area contributed by atoms with E-state index in [2.05, 4.69) is 31.0 Å². The predicted molar refractivity (Wildman–Crippen MR) is 165 cm³/mol. The predicted octanol–water partition coefficient (Wildman–Crippen LogP) is 3.51. The number of anilines is 4. The van der Waals surface area contributed by atoms with Gasteiger partial charge in [-0.15, -0.1) is 0 Å². The Labute approximate surface area is 247 Å². The van der Waals surface area contributed by atoms with Crippen LogP contribution >= 0.6 is 0 Å².